The third-order valence-electron chi connectivity index (χ3n) is 3.78. The molecule has 0 aliphatic heterocycles. The highest BCUT2D eigenvalue weighted by molar-refractivity contribution is 7.80. The van der Waals surface area contributed by atoms with E-state index >= 15 is 0 Å². The van der Waals surface area contributed by atoms with Crippen LogP contribution in [0.1, 0.15) is 52.9 Å². The summed E-state index contributed by atoms with van der Waals surface area (Å²) in [6, 6.07) is 0.293. The molecule has 1 aliphatic carbocycles. The Morgan fingerprint density at radius 3 is 2.53 bits per heavy atom. The molecule has 2 unspecified atom stereocenters. The predicted octanol–water partition coefficient (Wildman–Crippen LogP) is 2.38. The third kappa shape index (κ3) is 3.95. The van der Waals surface area contributed by atoms with Gasteiger partial charge in [-0.1, -0.05) is 32.0 Å². The fraction of sp³-hybridized carbons (Fsp3) is 0.846. The molecule has 0 saturated heterocycles. The monoisotopic (exact) mass is 256 g/mol. The Hall–Kier alpha value is -0.640. The summed E-state index contributed by atoms with van der Waals surface area (Å²) in [5.41, 5.74) is 4.86. The normalized spacial score (nSPS) is 26.1. The summed E-state index contributed by atoms with van der Waals surface area (Å²) in [5.74, 6) is 0.741. The van der Waals surface area contributed by atoms with Gasteiger partial charge in [0.25, 0.3) is 0 Å². The number of nitrogens with one attached hydrogen (secondary N) is 1. The number of thiocarbonyl (C=S) groups is 1. The summed E-state index contributed by atoms with van der Waals surface area (Å²) in [6.07, 6.45) is 5.80. The lowest BCUT2D eigenvalue weighted by molar-refractivity contribution is -0.127. The highest BCUT2D eigenvalue weighted by Gasteiger charge is 2.32. The fourth-order valence-electron chi connectivity index (χ4n) is 2.11. The Bertz CT molecular complexity index is 302. The van der Waals surface area contributed by atoms with E-state index in [0.717, 1.165) is 18.8 Å². The maximum absolute atomic E-state index is 12.1. The lowest BCUT2D eigenvalue weighted by atomic mass is 9.91. The van der Waals surface area contributed by atoms with Gasteiger partial charge in [0.05, 0.1) is 10.4 Å². The summed E-state index contributed by atoms with van der Waals surface area (Å²) in [7, 11) is 0. The number of carbonyl (C=O) groups excluding carboxylic acids is 1. The minimum Gasteiger partial charge on any atom is -0.392 e. The lowest BCUT2D eigenvalue weighted by Crippen LogP contribution is -2.48. The number of hydrogen-bond donors (Lipinski definition) is 2. The Kier molecular flexibility index (Phi) is 4.92. The van der Waals surface area contributed by atoms with Gasteiger partial charge >= 0.3 is 0 Å². The van der Waals surface area contributed by atoms with Crippen LogP contribution < -0.4 is 11.1 Å². The number of nitrogens with two attached hydrogens (primary N) is 1. The molecule has 1 amide bonds. The van der Waals surface area contributed by atoms with Crippen molar-refractivity contribution < 1.29 is 4.79 Å². The van der Waals surface area contributed by atoms with Crippen LogP contribution in [0.15, 0.2) is 0 Å². The molecule has 0 heterocycles. The summed E-state index contributed by atoms with van der Waals surface area (Å²) in [6.45, 7) is 5.84. The molecule has 0 aromatic carbocycles. The molecule has 2 atom stereocenters. The number of carbonyl (C=O) groups is 1. The van der Waals surface area contributed by atoms with E-state index in [4.69, 9.17) is 18.0 Å². The molecule has 3 N–H and O–H groups in total. The van der Waals surface area contributed by atoms with Gasteiger partial charge in [-0.3, -0.25) is 4.79 Å². The summed E-state index contributed by atoms with van der Waals surface area (Å²) in [5, 5.41) is 3.09. The van der Waals surface area contributed by atoms with Crippen LogP contribution in [0, 0.1) is 11.3 Å². The Morgan fingerprint density at radius 2 is 1.94 bits per heavy atom. The van der Waals surface area contributed by atoms with Gasteiger partial charge in [0, 0.05) is 6.04 Å². The van der Waals surface area contributed by atoms with Crippen LogP contribution in [0.2, 0.25) is 0 Å². The molecule has 17 heavy (non-hydrogen) atoms. The maximum atomic E-state index is 12.1. The van der Waals surface area contributed by atoms with Crippen molar-refractivity contribution >= 4 is 23.1 Å². The molecule has 1 rings (SSSR count). The molecule has 98 valence electrons. The molecule has 0 radical (unpaired) electrons. The molecule has 0 spiro atoms. The summed E-state index contributed by atoms with van der Waals surface area (Å²) >= 11 is 4.94. The van der Waals surface area contributed by atoms with Crippen LogP contribution in [-0.4, -0.2) is 16.9 Å². The standard InChI is InChI=1S/C13H24N2OS/c1-9-5-4-6-10(8-7-9)15-12(16)13(2,3)11(14)17/h9-10H,4-8H2,1-3H3,(H2,14,17)(H,15,16). The van der Waals surface area contributed by atoms with E-state index in [-0.39, 0.29) is 10.9 Å². The molecule has 3 nitrogen and oxygen atoms in total. The maximum Gasteiger partial charge on any atom is 0.232 e. The molecule has 1 fully saturated rings. The molecule has 0 aromatic heterocycles. The van der Waals surface area contributed by atoms with Crippen LogP contribution in [0.4, 0.5) is 0 Å². The zero-order valence-electron chi connectivity index (χ0n) is 11.1. The van der Waals surface area contributed by atoms with Crippen LogP contribution in [0.5, 0.6) is 0 Å². The van der Waals surface area contributed by atoms with E-state index in [2.05, 4.69) is 12.2 Å². The number of hydrogen-bond acceptors (Lipinski definition) is 2. The van der Waals surface area contributed by atoms with Gasteiger partial charge in [-0.2, -0.15) is 0 Å². The van der Waals surface area contributed by atoms with Gasteiger partial charge < -0.3 is 11.1 Å². The van der Waals surface area contributed by atoms with Crippen molar-refractivity contribution in [2.75, 3.05) is 0 Å². The van der Waals surface area contributed by atoms with Crippen molar-refractivity contribution in [3.63, 3.8) is 0 Å². The fourth-order valence-corrected chi connectivity index (χ4v) is 2.20. The quantitative estimate of drug-likeness (QED) is 0.602. The van der Waals surface area contributed by atoms with E-state index < -0.39 is 5.41 Å². The van der Waals surface area contributed by atoms with Gasteiger partial charge in [0.2, 0.25) is 5.91 Å². The number of rotatable bonds is 3. The van der Waals surface area contributed by atoms with Gasteiger partial charge in [-0.05, 0) is 39.0 Å². The molecule has 1 aliphatic rings. The summed E-state index contributed by atoms with van der Waals surface area (Å²) < 4.78 is 0. The SMILES string of the molecule is CC1CCCC(NC(=O)C(C)(C)C(N)=S)CC1. The highest BCUT2D eigenvalue weighted by atomic mass is 32.1. The van der Waals surface area contributed by atoms with Crippen LogP contribution in [-0.2, 0) is 4.79 Å². The van der Waals surface area contributed by atoms with E-state index in [1.165, 1.54) is 19.3 Å². The second-order valence-electron chi connectivity index (χ2n) is 5.77. The van der Waals surface area contributed by atoms with Crippen molar-refractivity contribution in [1.82, 2.24) is 5.32 Å². The first-order valence-corrected chi connectivity index (χ1v) is 6.85. The van der Waals surface area contributed by atoms with Crippen molar-refractivity contribution in [2.45, 2.75) is 58.9 Å². The topological polar surface area (TPSA) is 55.1 Å². The highest BCUT2D eigenvalue weighted by Crippen LogP contribution is 2.24. The van der Waals surface area contributed by atoms with Crippen molar-refractivity contribution in [2.24, 2.45) is 17.1 Å². The minimum absolute atomic E-state index is 0.0375. The predicted molar refractivity (Wildman–Crippen MR) is 74.7 cm³/mol. The largest absolute Gasteiger partial charge is 0.392 e. The van der Waals surface area contributed by atoms with E-state index in [1.807, 2.05) is 0 Å². The van der Waals surface area contributed by atoms with Gasteiger partial charge in [0.15, 0.2) is 0 Å². The first-order valence-electron chi connectivity index (χ1n) is 6.45. The van der Waals surface area contributed by atoms with Crippen molar-refractivity contribution in [1.29, 1.82) is 0 Å². The molecule has 0 aromatic rings. The Balaban J connectivity index is 2.53. The van der Waals surface area contributed by atoms with E-state index in [9.17, 15) is 4.79 Å². The molecule has 1 saturated carbocycles. The lowest BCUT2D eigenvalue weighted by Gasteiger charge is -2.26. The number of amides is 1. The van der Waals surface area contributed by atoms with E-state index in [0.29, 0.717) is 6.04 Å². The first kappa shape index (κ1) is 14.4. The molecule has 4 heteroatoms. The smallest absolute Gasteiger partial charge is 0.232 e. The first-order chi connectivity index (χ1) is 7.84. The zero-order valence-corrected chi connectivity index (χ0v) is 11.9. The van der Waals surface area contributed by atoms with Gasteiger partial charge in [-0.15, -0.1) is 0 Å². The average molecular weight is 256 g/mol. The summed E-state index contributed by atoms with van der Waals surface area (Å²) in [4.78, 5) is 12.4. The average Bonchev–Trinajstić information content (AvgIpc) is 2.43. The third-order valence-corrected chi connectivity index (χ3v) is 4.29. The van der Waals surface area contributed by atoms with Crippen LogP contribution >= 0.6 is 12.2 Å². The second kappa shape index (κ2) is 5.80. The van der Waals surface area contributed by atoms with Crippen molar-refractivity contribution in [3.8, 4) is 0 Å². The van der Waals surface area contributed by atoms with Crippen LogP contribution in [0.25, 0.3) is 0 Å². The van der Waals surface area contributed by atoms with E-state index in [1.54, 1.807) is 13.8 Å². The zero-order chi connectivity index (χ0) is 13.1. The molecular weight excluding hydrogens is 232 g/mol. The molecule has 0 bridgehead atoms. The Morgan fingerprint density at radius 1 is 1.29 bits per heavy atom. The van der Waals surface area contributed by atoms with Crippen LogP contribution in [0.3, 0.4) is 0 Å². The second-order valence-corrected chi connectivity index (χ2v) is 6.21. The molecular formula is C13H24N2OS. The Labute approximate surface area is 110 Å². The van der Waals surface area contributed by atoms with Gasteiger partial charge in [0.1, 0.15) is 0 Å². The van der Waals surface area contributed by atoms with Crippen molar-refractivity contribution in [3.05, 3.63) is 0 Å². The van der Waals surface area contributed by atoms with Gasteiger partial charge in [-0.25, -0.2) is 0 Å². The minimum atomic E-state index is -0.743.